The van der Waals surface area contributed by atoms with Crippen LogP contribution >= 0.6 is 0 Å². The van der Waals surface area contributed by atoms with Crippen LogP contribution in [0.1, 0.15) is 51.5 Å². The van der Waals surface area contributed by atoms with E-state index in [1.165, 1.54) is 17.4 Å². The van der Waals surface area contributed by atoms with Gasteiger partial charge in [0.05, 0.1) is 10.5 Å². The molecule has 0 radical (unpaired) electrons. The third kappa shape index (κ3) is 5.91. The smallest absolute Gasteiger partial charge is 0.416 e. The molecule has 1 aliphatic heterocycles. The molecular formula is C23H32F3N3O5S. The van der Waals surface area contributed by atoms with Crippen LogP contribution in [0.2, 0.25) is 0 Å². The van der Waals surface area contributed by atoms with Crippen LogP contribution in [0.15, 0.2) is 29.2 Å². The fraction of sp³-hybridized carbons (Fsp3) is 0.652. The average Bonchev–Trinajstić information content (AvgIpc) is 3.63. The normalized spacial score (nSPS) is 19.5. The van der Waals surface area contributed by atoms with Gasteiger partial charge in [0.2, 0.25) is 15.9 Å². The van der Waals surface area contributed by atoms with Crippen molar-refractivity contribution < 1.29 is 36.3 Å². The number of sulfonamides is 1. The molecule has 1 saturated heterocycles. The van der Waals surface area contributed by atoms with E-state index < -0.39 is 44.8 Å². The molecule has 1 saturated carbocycles. The fourth-order valence-electron chi connectivity index (χ4n) is 4.64. The van der Waals surface area contributed by atoms with E-state index in [9.17, 15) is 36.3 Å². The molecule has 2 aliphatic rings. The summed E-state index contributed by atoms with van der Waals surface area (Å²) < 4.78 is 67.7. The number of hydrogen-bond donors (Lipinski definition) is 1. The zero-order chi connectivity index (χ0) is 26.1. The van der Waals surface area contributed by atoms with Crippen molar-refractivity contribution in [3.05, 3.63) is 29.8 Å². The molecule has 1 aromatic rings. The highest BCUT2D eigenvalue weighted by atomic mass is 32.2. The standard InChI is InChI=1S/C23H32F3N3O5S/c1-4-15(2)20(27(3)22(31)32)21(30)28-12-10-18(11-13-28)29(17-8-9-17)35(33,34)19-7-5-6-16(14-19)23(24,25)26/h5-7,14-15,17-18,20H,4,8-13H2,1-3H3,(H,31,32). The molecule has 1 N–H and O–H groups in total. The number of piperidine rings is 1. The van der Waals surface area contributed by atoms with Crippen molar-refractivity contribution >= 4 is 22.0 Å². The van der Waals surface area contributed by atoms with Gasteiger partial charge in [-0.3, -0.25) is 9.69 Å². The van der Waals surface area contributed by atoms with Crippen molar-refractivity contribution in [3.8, 4) is 0 Å². The van der Waals surface area contributed by atoms with Crippen molar-refractivity contribution in [2.75, 3.05) is 20.1 Å². The molecule has 0 spiro atoms. The van der Waals surface area contributed by atoms with Gasteiger partial charge in [0.1, 0.15) is 6.04 Å². The van der Waals surface area contributed by atoms with Crippen LogP contribution in [0.4, 0.5) is 18.0 Å². The lowest BCUT2D eigenvalue weighted by Crippen LogP contribution is -2.56. The topological polar surface area (TPSA) is 98.2 Å². The number of likely N-dealkylation sites (N-methyl/N-ethyl adjacent to an activating group) is 1. The average molecular weight is 520 g/mol. The van der Waals surface area contributed by atoms with E-state index >= 15 is 0 Å². The zero-order valence-corrected chi connectivity index (χ0v) is 20.8. The molecule has 3 rings (SSSR count). The van der Waals surface area contributed by atoms with Crippen LogP contribution in [-0.2, 0) is 21.0 Å². The first-order valence-electron chi connectivity index (χ1n) is 11.7. The molecule has 35 heavy (non-hydrogen) atoms. The molecule has 2 atom stereocenters. The molecule has 8 nitrogen and oxygen atoms in total. The van der Waals surface area contributed by atoms with Gasteiger partial charge < -0.3 is 10.0 Å². The Morgan fingerprint density at radius 1 is 1.14 bits per heavy atom. The molecule has 2 fully saturated rings. The zero-order valence-electron chi connectivity index (χ0n) is 20.0. The highest BCUT2D eigenvalue weighted by Crippen LogP contribution is 2.38. The minimum absolute atomic E-state index is 0.203. The first kappa shape index (κ1) is 27.3. The summed E-state index contributed by atoms with van der Waals surface area (Å²) in [6.07, 6.45) is -3.33. The molecule has 1 aliphatic carbocycles. The van der Waals surface area contributed by atoms with E-state index in [4.69, 9.17) is 0 Å². The highest BCUT2D eigenvalue weighted by molar-refractivity contribution is 7.89. The van der Waals surface area contributed by atoms with E-state index in [0.717, 1.165) is 17.0 Å². The van der Waals surface area contributed by atoms with Gasteiger partial charge in [0.25, 0.3) is 0 Å². The Hall–Kier alpha value is -2.34. The molecule has 12 heteroatoms. The molecule has 1 heterocycles. The molecule has 1 aromatic carbocycles. The summed E-state index contributed by atoms with van der Waals surface area (Å²) in [5, 5.41) is 9.41. The van der Waals surface area contributed by atoms with Crippen LogP contribution in [0.5, 0.6) is 0 Å². The van der Waals surface area contributed by atoms with Gasteiger partial charge >= 0.3 is 12.3 Å². The second-order valence-electron chi connectivity index (χ2n) is 9.37. The summed E-state index contributed by atoms with van der Waals surface area (Å²) in [6, 6.07) is 2.21. The maximum absolute atomic E-state index is 13.4. The van der Waals surface area contributed by atoms with E-state index in [-0.39, 0.29) is 31.0 Å². The Kier molecular flexibility index (Phi) is 8.05. The summed E-state index contributed by atoms with van der Waals surface area (Å²) in [6.45, 7) is 4.17. The van der Waals surface area contributed by atoms with Crippen LogP contribution in [0.3, 0.4) is 0 Å². The van der Waals surface area contributed by atoms with E-state index in [2.05, 4.69) is 0 Å². The Morgan fingerprint density at radius 3 is 2.20 bits per heavy atom. The molecule has 0 bridgehead atoms. The SMILES string of the molecule is CCC(C)C(C(=O)N1CCC(N(C2CC2)S(=O)(=O)c2cccc(C(F)(F)F)c2)CC1)N(C)C(=O)O. The summed E-state index contributed by atoms with van der Waals surface area (Å²) in [5.41, 5.74) is -1.02. The van der Waals surface area contributed by atoms with Gasteiger partial charge in [-0.25, -0.2) is 13.2 Å². The number of likely N-dealkylation sites (tertiary alicyclic amines) is 1. The van der Waals surface area contributed by atoms with Gasteiger partial charge in [-0.1, -0.05) is 26.3 Å². The molecule has 2 unspecified atom stereocenters. The predicted molar refractivity (Wildman–Crippen MR) is 122 cm³/mol. The Labute approximate surface area is 203 Å². The summed E-state index contributed by atoms with van der Waals surface area (Å²) in [7, 11) is -2.81. The first-order valence-corrected chi connectivity index (χ1v) is 13.2. The summed E-state index contributed by atoms with van der Waals surface area (Å²) in [4.78, 5) is 26.9. The number of carbonyl (C=O) groups is 2. The Balaban J connectivity index is 1.78. The van der Waals surface area contributed by atoms with E-state index in [1.54, 1.807) is 4.90 Å². The summed E-state index contributed by atoms with van der Waals surface area (Å²) >= 11 is 0. The minimum Gasteiger partial charge on any atom is -0.465 e. The number of alkyl halides is 3. The van der Waals surface area contributed by atoms with Crippen molar-refractivity contribution in [1.29, 1.82) is 0 Å². The molecule has 0 aromatic heterocycles. The predicted octanol–water partition coefficient (Wildman–Crippen LogP) is 3.87. The van der Waals surface area contributed by atoms with Crippen molar-refractivity contribution in [3.63, 3.8) is 0 Å². The minimum atomic E-state index is -4.66. The molecular weight excluding hydrogens is 487 g/mol. The van der Waals surface area contributed by atoms with Crippen LogP contribution in [0.25, 0.3) is 0 Å². The first-order chi connectivity index (χ1) is 16.3. The van der Waals surface area contributed by atoms with Gasteiger partial charge in [0, 0.05) is 32.2 Å². The van der Waals surface area contributed by atoms with Crippen LogP contribution < -0.4 is 0 Å². The fourth-order valence-corrected chi connectivity index (χ4v) is 6.61. The van der Waals surface area contributed by atoms with Crippen LogP contribution in [-0.4, -0.2) is 77.9 Å². The Morgan fingerprint density at radius 2 is 1.71 bits per heavy atom. The van der Waals surface area contributed by atoms with Gasteiger partial charge in [0.15, 0.2) is 0 Å². The third-order valence-electron chi connectivity index (χ3n) is 6.93. The lowest BCUT2D eigenvalue weighted by atomic mass is 9.95. The number of nitrogens with zero attached hydrogens (tertiary/aromatic N) is 3. The monoisotopic (exact) mass is 519 g/mol. The number of carboxylic acid groups (broad SMARTS) is 1. The van der Waals surface area contributed by atoms with Gasteiger partial charge in [-0.2, -0.15) is 17.5 Å². The third-order valence-corrected chi connectivity index (χ3v) is 8.94. The second-order valence-corrected chi connectivity index (χ2v) is 11.2. The lowest BCUT2D eigenvalue weighted by Gasteiger charge is -2.40. The number of carbonyl (C=O) groups excluding carboxylic acids is 1. The summed E-state index contributed by atoms with van der Waals surface area (Å²) in [5.74, 6) is -0.521. The maximum Gasteiger partial charge on any atom is 0.416 e. The second kappa shape index (κ2) is 10.3. The van der Waals surface area contributed by atoms with E-state index in [1.807, 2.05) is 13.8 Å². The Bertz CT molecular complexity index is 1040. The number of hydrogen-bond acceptors (Lipinski definition) is 4. The highest BCUT2D eigenvalue weighted by Gasteiger charge is 2.45. The number of benzene rings is 1. The quantitative estimate of drug-likeness (QED) is 0.562. The number of amides is 2. The van der Waals surface area contributed by atoms with Crippen molar-refractivity contribution in [2.45, 2.75) is 75.1 Å². The number of halogens is 3. The maximum atomic E-state index is 13.4. The van der Waals surface area contributed by atoms with Gasteiger partial charge in [-0.15, -0.1) is 0 Å². The van der Waals surface area contributed by atoms with Crippen molar-refractivity contribution in [2.24, 2.45) is 5.92 Å². The van der Waals surface area contributed by atoms with Gasteiger partial charge in [-0.05, 0) is 49.8 Å². The number of rotatable bonds is 8. The molecule has 196 valence electrons. The van der Waals surface area contributed by atoms with Crippen LogP contribution in [0, 0.1) is 5.92 Å². The lowest BCUT2D eigenvalue weighted by molar-refractivity contribution is -0.139. The molecule has 2 amide bonds. The largest absolute Gasteiger partial charge is 0.465 e. The van der Waals surface area contributed by atoms with E-state index in [0.29, 0.717) is 38.2 Å². The van der Waals surface area contributed by atoms with Crippen molar-refractivity contribution in [1.82, 2.24) is 14.1 Å².